The molecule has 0 aliphatic heterocycles. The Kier molecular flexibility index (Phi) is 34.7. The van der Waals surface area contributed by atoms with Gasteiger partial charge in [0.1, 0.15) is 6.61 Å². The summed E-state index contributed by atoms with van der Waals surface area (Å²) in [4.78, 5) is 42.7. The Labute approximate surface area is 319 Å². The van der Waals surface area contributed by atoms with Crippen LogP contribution in [0.3, 0.4) is 0 Å². The summed E-state index contributed by atoms with van der Waals surface area (Å²) >= 11 is 0. The van der Waals surface area contributed by atoms with Crippen LogP contribution in [0.15, 0.2) is 109 Å². The van der Waals surface area contributed by atoms with E-state index in [1.54, 1.807) is 24.3 Å². The van der Waals surface area contributed by atoms with Gasteiger partial charge in [0.2, 0.25) is 0 Å². The number of aliphatic hydroxyl groups is 1. The smallest absolute Gasteiger partial charge is 0.462 e. The first-order valence-electron chi connectivity index (χ1n) is 19.3. The molecule has 0 aromatic heterocycles. The van der Waals surface area contributed by atoms with Crippen LogP contribution in [0.4, 0.5) is 0 Å². The van der Waals surface area contributed by atoms with Crippen molar-refractivity contribution in [3.05, 3.63) is 109 Å². The van der Waals surface area contributed by atoms with Crippen LogP contribution in [-0.4, -0.2) is 52.3 Å². The molecule has 10 heteroatoms. The molecule has 0 amide bonds. The van der Waals surface area contributed by atoms with E-state index in [9.17, 15) is 19.3 Å². The van der Waals surface area contributed by atoms with E-state index in [0.29, 0.717) is 19.3 Å². The molecule has 0 rings (SSSR count). The minimum absolute atomic E-state index is 0.0498. The van der Waals surface area contributed by atoms with Gasteiger partial charge in [-0.2, -0.15) is 0 Å². The third-order valence-corrected chi connectivity index (χ3v) is 7.87. The Hall–Kier alpha value is -3.33. The average molecular weight is 759 g/mol. The van der Waals surface area contributed by atoms with Gasteiger partial charge in [-0.15, -0.1) is 0 Å². The lowest BCUT2D eigenvalue weighted by Crippen LogP contribution is -2.29. The molecule has 9 nitrogen and oxygen atoms in total. The normalized spacial score (nSPS) is 14.3. The Morgan fingerprint density at radius 3 is 1.72 bits per heavy atom. The summed E-state index contributed by atoms with van der Waals surface area (Å²) in [6.07, 6.45) is 48.4. The molecule has 2 atom stereocenters. The number of phosphoric acid groups is 1. The van der Waals surface area contributed by atoms with E-state index in [1.807, 2.05) is 12.2 Å². The zero-order valence-electron chi connectivity index (χ0n) is 32.2. The summed E-state index contributed by atoms with van der Waals surface area (Å²) < 4.78 is 26.2. The molecular formula is C43H67O9P. The van der Waals surface area contributed by atoms with Crippen LogP contribution >= 0.6 is 7.82 Å². The summed E-state index contributed by atoms with van der Waals surface area (Å²) in [6.45, 7) is 3.26. The fourth-order valence-electron chi connectivity index (χ4n) is 4.55. The topological polar surface area (TPSA) is 140 Å². The highest BCUT2D eigenvalue weighted by Crippen LogP contribution is 2.35. The van der Waals surface area contributed by atoms with Crippen molar-refractivity contribution in [1.82, 2.24) is 0 Å². The lowest BCUT2D eigenvalue weighted by molar-refractivity contribution is -0.161. The molecule has 0 aliphatic rings. The number of rotatable bonds is 33. The molecule has 0 fully saturated rings. The van der Waals surface area contributed by atoms with E-state index >= 15 is 0 Å². The number of allylic oxidation sites excluding steroid dienone is 16. The number of phosphoric ester groups is 1. The van der Waals surface area contributed by atoms with Gasteiger partial charge in [0.15, 0.2) is 6.10 Å². The maximum Gasteiger partial charge on any atom is 0.469 e. The van der Waals surface area contributed by atoms with Crippen LogP contribution in [0, 0.1) is 0 Å². The molecule has 0 aliphatic carbocycles. The minimum Gasteiger partial charge on any atom is -0.462 e. The summed E-state index contributed by atoms with van der Waals surface area (Å²) in [5, 5.41) is 10.1. The number of esters is 2. The fourth-order valence-corrected chi connectivity index (χ4v) is 4.91. The summed E-state index contributed by atoms with van der Waals surface area (Å²) in [5.41, 5.74) is 0. The van der Waals surface area contributed by atoms with E-state index in [1.165, 1.54) is 0 Å². The molecule has 0 radical (unpaired) electrons. The fraction of sp³-hybridized carbons (Fsp3) is 0.535. The Morgan fingerprint density at radius 1 is 0.585 bits per heavy atom. The molecule has 0 saturated carbocycles. The van der Waals surface area contributed by atoms with Crippen molar-refractivity contribution >= 4 is 19.8 Å². The van der Waals surface area contributed by atoms with Crippen molar-refractivity contribution in [2.75, 3.05) is 13.2 Å². The molecule has 1 unspecified atom stereocenters. The van der Waals surface area contributed by atoms with Crippen molar-refractivity contribution in [1.29, 1.82) is 0 Å². The number of hydrogen-bond donors (Lipinski definition) is 3. The number of unbranched alkanes of at least 4 members (excludes halogenated alkanes) is 5. The Balaban J connectivity index is 4.24. The second kappa shape index (κ2) is 37.0. The van der Waals surface area contributed by atoms with Crippen molar-refractivity contribution in [3.63, 3.8) is 0 Å². The van der Waals surface area contributed by atoms with Gasteiger partial charge in [-0.1, -0.05) is 142 Å². The van der Waals surface area contributed by atoms with E-state index in [4.69, 9.17) is 19.3 Å². The molecule has 0 aromatic rings. The first kappa shape index (κ1) is 49.7. The van der Waals surface area contributed by atoms with Crippen LogP contribution in [0.5, 0.6) is 0 Å². The van der Waals surface area contributed by atoms with Crippen molar-refractivity contribution in [2.24, 2.45) is 0 Å². The van der Waals surface area contributed by atoms with Crippen LogP contribution in [0.25, 0.3) is 0 Å². The molecule has 53 heavy (non-hydrogen) atoms. The predicted octanol–water partition coefficient (Wildman–Crippen LogP) is 10.6. The lowest BCUT2D eigenvalue weighted by atomic mass is 10.1. The molecule has 0 saturated heterocycles. The van der Waals surface area contributed by atoms with Gasteiger partial charge < -0.3 is 24.4 Å². The largest absolute Gasteiger partial charge is 0.469 e. The third-order valence-electron chi connectivity index (χ3n) is 7.38. The number of carbonyl (C=O) groups excluding carboxylic acids is 2. The van der Waals surface area contributed by atoms with E-state index in [0.717, 1.165) is 77.0 Å². The van der Waals surface area contributed by atoms with Gasteiger partial charge in [0, 0.05) is 12.8 Å². The first-order valence-corrected chi connectivity index (χ1v) is 20.8. The number of ether oxygens (including phenoxy) is 2. The molecular weight excluding hydrogens is 691 g/mol. The van der Waals surface area contributed by atoms with E-state index in [-0.39, 0.29) is 19.4 Å². The lowest BCUT2D eigenvalue weighted by Gasteiger charge is -2.18. The second-order valence-electron chi connectivity index (χ2n) is 12.3. The summed E-state index contributed by atoms with van der Waals surface area (Å²) in [6, 6.07) is 0. The van der Waals surface area contributed by atoms with Crippen molar-refractivity contribution in [3.8, 4) is 0 Å². The third kappa shape index (κ3) is 39.7. The van der Waals surface area contributed by atoms with Gasteiger partial charge >= 0.3 is 19.8 Å². The Bertz CT molecular complexity index is 1230. The van der Waals surface area contributed by atoms with E-state index < -0.39 is 38.6 Å². The van der Waals surface area contributed by atoms with Gasteiger partial charge in [0.05, 0.1) is 12.7 Å². The predicted molar refractivity (Wildman–Crippen MR) is 217 cm³/mol. The molecule has 0 bridgehead atoms. The van der Waals surface area contributed by atoms with Gasteiger partial charge in [-0.05, 0) is 77.0 Å². The number of hydrogen-bond acceptors (Lipinski definition) is 7. The van der Waals surface area contributed by atoms with Gasteiger partial charge in [-0.3, -0.25) is 14.1 Å². The molecule has 298 valence electrons. The number of aliphatic hydroxyl groups excluding tert-OH is 1. The average Bonchev–Trinajstić information content (AvgIpc) is 3.12. The minimum atomic E-state index is -4.81. The molecule has 0 spiro atoms. The highest BCUT2D eigenvalue weighted by molar-refractivity contribution is 7.46. The zero-order chi connectivity index (χ0) is 39.1. The maximum absolute atomic E-state index is 12.4. The van der Waals surface area contributed by atoms with Crippen molar-refractivity contribution in [2.45, 2.75) is 135 Å². The standard InChI is InChI=1S/C43H67O9P/c1-3-5-7-9-11-13-15-17-18-20-22-24-26-28-32-37-43(46)52-41(39-51-53(47,48)49)38-50-42(45)36-33-29-31-35-40(44)34-30-27-25-23-21-19-16-14-12-10-8-6-4-2/h5-8,11-14,17-19,21,25,27,29-31,34,40-41,44H,3-4,9-10,15-16,20,22-24,26,28,32-33,35-39H2,1-2H3,(H2,47,48,49)/b7-5-,8-6-,13-11-,14-12-,18-17-,21-19-,27-25-,31-29-,34-30-/t40?,41-/m1/s1. The first-order chi connectivity index (χ1) is 25.7. The van der Waals surface area contributed by atoms with E-state index in [2.05, 4.69) is 91.3 Å². The van der Waals surface area contributed by atoms with Gasteiger partial charge in [-0.25, -0.2) is 4.57 Å². The molecule has 3 N–H and O–H groups in total. The zero-order valence-corrected chi connectivity index (χ0v) is 33.1. The summed E-state index contributed by atoms with van der Waals surface area (Å²) in [5.74, 6) is -1.10. The summed E-state index contributed by atoms with van der Waals surface area (Å²) in [7, 11) is -4.81. The molecule has 0 aromatic carbocycles. The van der Waals surface area contributed by atoms with Crippen molar-refractivity contribution < 1.29 is 43.0 Å². The van der Waals surface area contributed by atoms with Crippen LogP contribution in [0.2, 0.25) is 0 Å². The highest BCUT2D eigenvalue weighted by Gasteiger charge is 2.22. The molecule has 0 heterocycles. The van der Waals surface area contributed by atoms with Gasteiger partial charge in [0.25, 0.3) is 0 Å². The van der Waals surface area contributed by atoms with Crippen LogP contribution in [0.1, 0.15) is 123 Å². The number of carbonyl (C=O) groups is 2. The highest BCUT2D eigenvalue weighted by atomic mass is 31.2. The van der Waals surface area contributed by atoms with Crippen LogP contribution < -0.4 is 0 Å². The van der Waals surface area contributed by atoms with Crippen LogP contribution in [-0.2, 0) is 28.2 Å². The SMILES string of the molecule is CC/C=C\C/C=C\C/C=C\C/C=C\C=C/C(O)C/C=C\CCC(=O)OC[C@H](COP(=O)(O)O)OC(=O)CCCCCCC/C=C\C/C=C\C/C=C\CC. The quantitative estimate of drug-likeness (QED) is 0.0196. The second-order valence-corrected chi connectivity index (χ2v) is 13.6. The Morgan fingerprint density at radius 2 is 1.11 bits per heavy atom. The monoisotopic (exact) mass is 758 g/mol. The maximum atomic E-state index is 12.4.